The molecule has 1 heterocycles. The van der Waals surface area contributed by atoms with Crippen LogP contribution in [-0.4, -0.2) is 19.0 Å². The van der Waals surface area contributed by atoms with Gasteiger partial charge in [-0.1, -0.05) is 31.0 Å². The van der Waals surface area contributed by atoms with E-state index < -0.39 is 0 Å². The van der Waals surface area contributed by atoms with Crippen LogP contribution in [0.2, 0.25) is 0 Å². The van der Waals surface area contributed by atoms with Gasteiger partial charge in [-0.25, -0.2) is 0 Å². The fourth-order valence-electron chi connectivity index (χ4n) is 3.18. The summed E-state index contributed by atoms with van der Waals surface area (Å²) in [7, 11) is 0. The number of carbonyl (C=O) groups excluding carboxylic acids is 1. The predicted octanol–water partition coefficient (Wildman–Crippen LogP) is 3.41. The molecule has 0 atom stereocenters. The van der Waals surface area contributed by atoms with E-state index in [4.69, 9.17) is 0 Å². The lowest BCUT2D eigenvalue weighted by Gasteiger charge is -2.36. The highest BCUT2D eigenvalue weighted by atomic mass is 16.2. The Hall–Kier alpha value is -1.35. The molecule has 0 spiro atoms. The van der Waals surface area contributed by atoms with Crippen molar-refractivity contribution in [3.8, 4) is 0 Å². The van der Waals surface area contributed by atoms with Crippen molar-refractivity contribution in [3.05, 3.63) is 29.3 Å². The van der Waals surface area contributed by atoms with Gasteiger partial charge in [-0.3, -0.25) is 4.79 Å². The highest BCUT2D eigenvalue weighted by Gasteiger charge is 2.38. The average molecular weight is 274 g/mol. The third-order valence-corrected chi connectivity index (χ3v) is 4.40. The van der Waals surface area contributed by atoms with E-state index in [0.29, 0.717) is 0 Å². The zero-order chi connectivity index (χ0) is 14.6. The van der Waals surface area contributed by atoms with E-state index in [0.717, 1.165) is 50.0 Å². The van der Waals surface area contributed by atoms with Gasteiger partial charge < -0.3 is 10.6 Å². The predicted molar refractivity (Wildman–Crippen MR) is 84.0 cm³/mol. The highest BCUT2D eigenvalue weighted by molar-refractivity contribution is 5.96. The molecule has 2 rings (SSSR count). The molecule has 1 aliphatic rings. The highest BCUT2D eigenvalue weighted by Crippen LogP contribution is 2.35. The van der Waals surface area contributed by atoms with Crippen molar-refractivity contribution in [3.63, 3.8) is 0 Å². The summed E-state index contributed by atoms with van der Waals surface area (Å²) in [6.45, 7) is 8.18. The fourth-order valence-corrected chi connectivity index (χ4v) is 3.18. The van der Waals surface area contributed by atoms with E-state index in [9.17, 15) is 4.79 Å². The Morgan fingerprint density at radius 2 is 2.00 bits per heavy atom. The van der Waals surface area contributed by atoms with Gasteiger partial charge in [0.15, 0.2) is 0 Å². The zero-order valence-corrected chi connectivity index (χ0v) is 12.9. The summed E-state index contributed by atoms with van der Waals surface area (Å²) >= 11 is 0. The molecule has 1 aromatic rings. The van der Waals surface area contributed by atoms with Gasteiger partial charge in [0.05, 0.1) is 5.41 Å². The van der Waals surface area contributed by atoms with Gasteiger partial charge in [0.2, 0.25) is 5.91 Å². The van der Waals surface area contributed by atoms with E-state index in [2.05, 4.69) is 43.5 Å². The van der Waals surface area contributed by atoms with Crippen LogP contribution >= 0.6 is 0 Å². The second-order valence-electron chi connectivity index (χ2n) is 6.05. The molecule has 0 unspecified atom stereocenters. The lowest BCUT2D eigenvalue weighted by molar-refractivity contribution is -0.127. The van der Waals surface area contributed by atoms with E-state index in [-0.39, 0.29) is 11.3 Å². The van der Waals surface area contributed by atoms with Gasteiger partial charge in [0.1, 0.15) is 0 Å². The normalized spacial score (nSPS) is 17.8. The van der Waals surface area contributed by atoms with Crippen molar-refractivity contribution < 1.29 is 4.79 Å². The topological polar surface area (TPSA) is 41.1 Å². The van der Waals surface area contributed by atoms with Crippen molar-refractivity contribution >= 4 is 11.6 Å². The average Bonchev–Trinajstić information content (AvgIpc) is 2.43. The Morgan fingerprint density at radius 1 is 1.30 bits per heavy atom. The Balaban J connectivity index is 2.15. The molecule has 1 aliphatic heterocycles. The van der Waals surface area contributed by atoms with E-state index in [1.54, 1.807) is 0 Å². The van der Waals surface area contributed by atoms with Crippen LogP contribution in [0.15, 0.2) is 18.2 Å². The number of piperidine rings is 1. The Morgan fingerprint density at radius 3 is 2.60 bits per heavy atom. The summed E-state index contributed by atoms with van der Waals surface area (Å²) in [5.41, 5.74) is 3.14. The second-order valence-corrected chi connectivity index (χ2v) is 6.05. The minimum Gasteiger partial charge on any atom is -0.325 e. The van der Waals surface area contributed by atoms with Crippen LogP contribution in [0.4, 0.5) is 5.69 Å². The number of amides is 1. The maximum Gasteiger partial charge on any atom is 0.230 e. The molecule has 3 heteroatoms. The first-order valence-corrected chi connectivity index (χ1v) is 7.67. The smallest absolute Gasteiger partial charge is 0.230 e. The van der Waals surface area contributed by atoms with Crippen molar-refractivity contribution in [1.82, 2.24) is 5.32 Å². The number of carbonyl (C=O) groups is 1. The third kappa shape index (κ3) is 3.21. The van der Waals surface area contributed by atoms with Crippen LogP contribution in [0.5, 0.6) is 0 Å². The second kappa shape index (κ2) is 6.40. The first-order valence-electron chi connectivity index (χ1n) is 7.67. The summed E-state index contributed by atoms with van der Waals surface area (Å²) in [4.78, 5) is 12.8. The van der Waals surface area contributed by atoms with Crippen molar-refractivity contribution in [2.24, 2.45) is 5.41 Å². The number of nitrogens with one attached hydrogen (secondary N) is 2. The summed E-state index contributed by atoms with van der Waals surface area (Å²) in [5, 5.41) is 6.52. The zero-order valence-electron chi connectivity index (χ0n) is 12.9. The summed E-state index contributed by atoms with van der Waals surface area (Å²) in [6.07, 6.45) is 3.92. The van der Waals surface area contributed by atoms with Crippen LogP contribution in [0, 0.1) is 19.3 Å². The van der Waals surface area contributed by atoms with Crippen molar-refractivity contribution in [2.75, 3.05) is 18.4 Å². The number of rotatable bonds is 4. The Kier molecular flexibility index (Phi) is 4.81. The van der Waals surface area contributed by atoms with E-state index >= 15 is 0 Å². The molecule has 1 amide bonds. The largest absolute Gasteiger partial charge is 0.325 e. The molecular formula is C17H26N2O. The number of anilines is 1. The van der Waals surface area contributed by atoms with Crippen molar-refractivity contribution in [2.45, 2.75) is 46.5 Å². The van der Waals surface area contributed by atoms with Crippen LogP contribution < -0.4 is 10.6 Å². The fraction of sp³-hybridized carbons (Fsp3) is 0.588. The quantitative estimate of drug-likeness (QED) is 0.883. The first-order chi connectivity index (χ1) is 9.57. The lowest BCUT2D eigenvalue weighted by atomic mass is 9.74. The van der Waals surface area contributed by atoms with Gasteiger partial charge in [-0.15, -0.1) is 0 Å². The lowest BCUT2D eigenvalue weighted by Crippen LogP contribution is -2.44. The first kappa shape index (κ1) is 15.0. The van der Waals surface area contributed by atoms with Gasteiger partial charge in [0.25, 0.3) is 0 Å². The molecule has 1 fully saturated rings. The van der Waals surface area contributed by atoms with Crippen molar-refractivity contribution in [1.29, 1.82) is 0 Å². The minimum atomic E-state index is -0.183. The summed E-state index contributed by atoms with van der Waals surface area (Å²) in [6, 6.07) is 6.19. The Bertz CT molecular complexity index is 470. The molecule has 110 valence electrons. The number of aryl methyl sites for hydroxylation is 2. The SMILES string of the molecule is CCCC1(C(=O)Nc2ccc(C)cc2C)CCNCC1. The molecule has 3 nitrogen and oxygen atoms in total. The van der Waals surface area contributed by atoms with Crippen LogP contribution in [0.25, 0.3) is 0 Å². The summed E-state index contributed by atoms with van der Waals surface area (Å²) < 4.78 is 0. The molecule has 1 saturated heterocycles. The maximum absolute atomic E-state index is 12.8. The third-order valence-electron chi connectivity index (χ3n) is 4.40. The maximum atomic E-state index is 12.8. The standard InChI is InChI=1S/C17H26N2O/c1-4-7-17(8-10-18-11-9-17)16(20)19-15-6-5-13(2)12-14(15)3/h5-6,12,18H,4,7-11H2,1-3H3,(H,19,20). The molecule has 2 N–H and O–H groups in total. The minimum absolute atomic E-state index is 0.183. The molecule has 0 radical (unpaired) electrons. The molecule has 0 bridgehead atoms. The molecule has 1 aromatic carbocycles. The van der Waals surface area contributed by atoms with Gasteiger partial charge in [-0.05, 0) is 57.8 Å². The Labute approximate surface area is 122 Å². The number of hydrogen-bond acceptors (Lipinski definition) is 2. The van der Waals surface area contributed by atoms with E-state index in [1.165, 1.54) is 5.56 Å². The van der Waals surface area contributed by atoms with Gasteiger partial charge in [0, 0.05) is 5.69 Å². The van der Waals surface area contributed by atoms with Crippen LogP contribution in [-0.2, 0) is 4.79 Å². The molecule has 0 aromatic heterocycles. The van der Waals surface area contributed by atoms with E-state index in [1.807, 2.05) is 6.07 Å². The van der Waals surface area contributed by atoms with Crippen LogP contribution in [0.3, 0.4) is 0 Å². The van der Waals surface area contributed by atoms with Gasteiger partial charge >= 0.3 is 0 Å². The molecule has 0 saturated carbocycles. The number of hydrogen-bond donors (Lipinski definition) is 2. The molecule has 0 aliphatic carbocycles. The molecular weight excluding hydrogens is 248 g/mol. The van der Waals surface area contributed by atoms with Crippen LogP contribution in [0.1, 0.15) is 43.7 Å². The monoisotopic (exact) mass is 274 g/mol. The summed E-state index contributed by atoms with van der Waals surface area (Å²) in [5.74, 6) is 0.202. The molecule has 20 heavy (non-hydrogen) atoms. The number of benzene rings is 1. The van der Waals surface area contributed by atoms with Gasteiger partial charge in [-0.2, -0.15) is 0 Å².